The Bertz CT molecular complexity index is 672. The molecule has 0 aliphatic heterocycles. The van der Waals surface area contributed by atoms with Crippen molar-refractivity contribution in [2.45, 2.75) is 6.61 Å². The highest BCUT2D eigenvalue weighted by atomic mass is 79.9. The van der Waals surface area contributed by atoms with Gasteiger partial charge in [-0.2, -0.15) is 0 Å². The number of nitrogens with two attached hydrogens (primary N) is 1. The van der Waals surface area contributed by atoms with Crippen molar-refractivity contribution in [1.82, 2.24) is 0 Å². The van der Waals surface area contributed by atoms with Gasteiger partial charge < -0.3 is 15.7 Å². The van der Waals surface area contributed by atoms with Crippen LogP contribution in [0.5, 0.6) is 5.75 Å². The molecule has 2 aromatic carbocycles. The first-order valence-corrected chi connectivity index (χ1v) is 6.64. The maximum Gasteiger partial charge on any atom is 0.173 e. The van der Waals surface area contributed by atoms with E-state index in [1.54, 1.807) is 18.2 Å². The standard InChI is InChI=1S/C14H11BrF2N2O2/c15-9-1-2-13(12(5-9)14(18)19-20)21-7-8-3-10(16)6-11(17)4-8/h1-6,20H,7H2,(H2,18,19). The molecule has 0 aliphatic rings. The SMILES string of the molecule is N/C(=N/O)c1cc(Br)ccc1OCc1cc(F)cc(F)c1. The monoisotopic (exact) mass is 356 g/mol. The summed E-state index contributed by atoms with van der Waals surface area (Å²) in [5.41, 5.74) is 6.26. The van der Waals surface area contributed by atoms with Crippen LogP contribution in [0.3, 0.4) is 0 Å². The van der Waals surface area contributed by atoms with Gasteiger partial charge in [0.25, 0.3) is 0 Å². The first kappa shape index (κ1) is 15.2. The largest absolute Gasteiger partial charge is 0.488 e. The zero-order valence-electron chi connectivity index (χ0n) is 10.7. The number of benzene rings is 2. The van der Waals surface area contributed by atoms with Gasteiger partial charge in [0.05, 0.1) is 5.56 Å². The molecule has 0 radical (unpaired) electrons. The van der Waals surface area contributed by atoms with Crippen LogP contribution in [0.4, 0.5) is 8.78 Å². The van der Waals surface area contributed by atoms with E-state index in [9.17, 15) is 8.78 Å². The van der Waals surface area contributed by atoms with Crippen molar-refractivity contribution >= 4 is 21.8 Å². The normalized spacial score (nSPS) is 11.5. The van der Waals surface area contributed by atoms with Crippen molar-refractivity contribution in [2.24, 2.45) is 10.9 Å². The quantitative estimate of drug-likeness (QED) is 0.381. The predicted octanol–water partition coefficient (Wildman–Crippen LogP) is 3.40. The van der Waals surface area contributed by atoms with Crippen LogP contribution in [0, 0.1) is 11.6 Å². The van der Waals surface area contributed by atoms with E-state index in [0.29, 0.717) is 21.3 Å². The molecule has 0 unspecified atom stereocenters. The van der Waals surface area contributed by atoms with Crippen LogP contribution in [-0.4, -0.2) is 11.0 Å². The highest BCUT2D eigenvalue weighted by Gasteiger charge is 2.10. The molecule has 0 fully saturated rings. The number of rotatable bonds is 4. The van der Waals surface area contributed by atoms with Gasteiger partial charge in [0.15, 0.2) is 5.84 Å². The molecule has 0 saturated heterocycles. The third-order valence-corrected chi connectivity index (χ3v) is 3.14. The first-order chi connectivity index (χ1) is 9.99. The second-order valence-corrected chi connectivity index (χ2v) is 5.11. The lowest BCUT2D eigenvalue weighted by Gasteiger charge is -2.11. The maximum atomic E-state index is 13.1. The van der Waals surface area contributed by atoms with Gasteiger partial charge in [-0.25, -0.2) is 8.78 Å². The van der Waals surface area contributed by atoms with Gasteiger partial charge in [0, 0.05) is 10.5 Å². The summed E-state index contributed by atoms with van der Waals surface area (Å²) in [6, 6.07) is 8.04. The topological polar surface area (TPSA) is 67.8 Å². The number of hydrogen-bond donors (Lipinski definition) is 2. The minimum absolute atomic E-state index is 0.0536. The third kappa shape index (κ3) is 3.91. The van der Waals surface area contributed by atoms with Crippen LogP contribution in [0.25, 0.3) is 0 Å². The average molecular weight is 357 g/mol. The van der Waals surface area contributed by atoms with Crippen molar-refractivity contribution in [2.75, 3.05) is 0 Å². The summed E-state index contributed by atoms with van der Waals surface area (Å²) in [6.45, 7) is -0.0536. The van der Waals surface area contributed by atoms with Crippen LogP contribution in [-0.2, 0) is 6.61 Å². The van der Waals surface area contributed by atoms with Gasteiger partial charge in [-0.3, -0.25) is 0 Å². The first-order valence-electron chi connectivity index (χ1n) is 5.85. The molecule has 21 heavy (non-hydrogen) atoms. The van der Waals surface area contributed by atoms with E-state index in [1.807, 2.05) is 0 Å². The summed E-state index contributed by atoms with van der Waals surface area (Å²) in [4.78, 5) is 0. The van der Waals surface area contributed by atoms with E-state index in [1.165, 1.54) is 12.1 Å². The molecule has 4 nitrogen and oxygen atoms in total. The minimum atomic E-state index is -0.680. The molecule has 0 bridgehead atoms. The van der Waals surface area contributed by atoms with E-state index in [2.05, 4.69) is 21.1 Å². The lowest BCUT2D eigenvalue weighted by atomic mass is 10.2. The summed E-state index contributed by atoms with van der Waals surface area (Å²) in [5, 5.41) is 11.7. The summed E-state index contributed by atoms with van der Waals surface area (Å²) in [6.07, 6.45) is 0. The van der Waals surface area contributed by atoms with Crippen LogP contribution in [0.15, 0.2) is 46.0 Å². The van der Waals surface area contributed by atoms with Crippen molar-refractivity contribution < 1.29 is 18.7 Å². The Kier molecular flexibility index (Phi) is 4.74. The van der Waals surface area contributed by atoms with Crippen LogP contribution in [0.1, 0.15) is 11.1 Å². The van der Waals surface area contributed by atoms with Gasteiger partial charge in [0.1, 0.15) is 24.0 Å². The molecular formula is C14H11BrF2N2O2. The van der Waals surface area contributed by atoms with Crippen molar-refractivity contribution in [3.05, 3.63) is 63.6 Å². The fraction of sp³-hybridized carbons (Fsp3) is 0.0714. The second kappa shape index (κ2) is 6.53. The van der Waals surface area contributed by atoms with Crippen molar-refractivity contribution in [3.8, 4) is 5.75 Å². The molecule has 110 valence electrons. The van der Waals surface area contributed by atoms with E-state index in [0.717, 1.165) is 6.07 Å². The Hall–Kier alpha value is -2.15. The lowest BCUT2D eigenvalue weighted by Crippen LogP contribution is -2.15. The molecule has 0 saturated carbocycles. The van der Waals surface area contributed by atoms with Gasteiger partial charge in [-0.1, -0.05) is 21.1 Å². The Balaban J connectivity index is 2.23. The van der Waals surface area contributed by atoms with E-state index < -0.39 is 11.6 Å². The molecule has 3 N–H and O–H groups in total. The Labute approximate surface area is 128 Å². The molecule has 0 aliphatic carbocycles. The highest BCUT2D eigenvalue weighted by molar-refractivity contribution is 9.10. The Morgan fingerprint density at radius 2 is 1.86 bits per heavy atom. The predicted molar refractivity (Wildman–Crippen MR) is 77.3 cm³/mol. The van der Waals surface area contributed by atoms with Gasteiger partial charge in [0.2, 0.25) is 0 Å². The Morgan fingerprint density at radius 3 is 2.48 bits per heavy atom. The zero-order valence-corrected chi connectivity index (χ0v) is 12.3. The minimum Gasteiger partial charge on any atom is -0.488 e. The summed E-state index contributed by atoms with van der Waals surface area (Å²) in [7, 11) is 0. The number of oxime groups is 1. The van der Waals surface area contributed by atoms with Gasteiger partial charge in [-0.15, -0.1) is 0 Å². The van der Waals surface area contributed by atoms with Crippen molar-refractivity contribution in [1.29, 1.82) is 0 Å². The van der Waals surface area contributed by atoms with E-state index in [4.69, 9.17) is 15.7 Å². The van der Waals surface area contributed by atoms with Crippen LogP contribution >= 0.6 is 15.9 Å². The maximum absolute atomic E-state index is 13.1. The number of nitrogens with zero attached hydrogens (tertiary/aromatic N) is 1. The summed E-state index contributed by atoms with van der Waals surface area (Å²) in [5.74, 6) is -1.16. The number of halogens is 3. The van der Waals surface area contributed by atoms with Crippen LogP contribution < -0.4 is 10.5 Å². The molecule has 2 rings (SSSR count). The number of hydrogen-bond acceptors (Lipinski definition) is 3. The number of amidine groups is 1. The molecule has 0 atom stereocenters. The van der Waals surface area contributed by atoms with Gasteiger partial charge in [-0.05, 0) is 35.9 Å². The molecule has 0 heterocycles. The average Bonchev–Trinajstić information content (AvgIpc) is 2.44. The van der Waals surface area contributed by atoms with Gasteiger partial charge >= 0.3 is 0 Å². The second-order valence-electron chi connectivity index (χ2n) is 4.19. The molecular weight excluding hydrogens is 346 g/mol. The Morgan fingerprint density at radius 1 is 1.19 bits per heavy atom. The fourth-order valence-corrected chi connectivity index (χ4v) is 2.10. The lowest BCUT2D eigenvalue weighted by molar-refractivity contribution is 0.302. The third-order valence-electron chi connectivity index (χ3n) is 2.64. The van der Waals surface area contributed by atoms with Crippen LogP contribution in [0.2, 0.25) is 0 Å². The highest BCUT2D eigenvalue weighted by Crippen LogP contribution is 2.24. The van der Waals surface area contributed by atoms with Crippen molar-refractivity contribution in [3.63, 3.8) is 0 Å². The zero-order chi connectivity index (χ0) is 15.4. The molecule has 0 amide bonds. The molecule has 7 heteroatoms. The molecule has 0 aromatic heterocycles. The molecule has 2 aromatic rings. The summed E-state index contributed by atoms with van der Waals surface area (Å²) < 4.78 is 32.4. The number of ether oxygens (including phenoxy) is 1. The van der Waals surface area contributed by atoms with E-state index >= 15 is 0 Å². The summed E-state index contributed by atoms with van der Waals surface area (Å²) >= 11 is 3.26. The van der Waals surface area contributed by atoms with E-state index in [-0.39, 0.29) is 12.4 Å². The molecule has 0 spiro atoms. The smallest absolute Gasteiger partial charge is 0.173 e. The fourth-order valence-electron chi connectivity index (χ4n) is 1.74.